The molecule has 0 amide bonds. The predicted octanol–water partition coefficient (Wildman–Crippen LogP) is 1.74. The molecule has 2 rings (SSSR count). The number of fused-ring (bicyclic) bond motifs is 1. The van der Waals surface area contributed by atoms with Crippen molar-refractivity contribution in [2.24, 2.45) is 0 Å². The third-order valence-electron chi connectivity index (χ3n) is 1.59. The molecule has 0 aliphatic carbocycles. The molecule has 11 heavy (non-hydrogen) atoms. The smallest absolute Gasteiger partial charge is 0.116 e. The second-order valence-electron chi connectivity index (χ2n) is 2.51. The van der Waals surface area contributed by atoms with E-state index in [9.17, 15) is 0 Å². The Morgan fingerprint density at radius 2 is 2.27 bits per heavy atom. The van der Waals surface area contributed by atoms with Crippen LogP contribution in [0.15, 0.2) is 24.5 Å². The predicted molar refractivity (Wildman–Crippen MR) is 43.1 cm³/mol. The van der Waals surface area contributed by atoms with E-state index in [1.165, 1.54) is 11.9 Å². The van der Waals surface area contributed by atoms with Crippen LogP contribution in [0, 0.1) is 13.1 Å². The van der Waals surface area contributed by atoms with Crippen molar-refractivity contribution in [1.29, 1.82) is 0 Å². The molecule has 2 heteroatoms. The zero-order valence-electron chi connectivity index (χ0n) is 6.20. The van der Waals surface area contributed by atoms with Gasteiger partial charge < -0.3 is 0 Å². The number of aromatic nitrogens is 2. The van der Waals surface area contributed by atoms with Gasteiger partial charge in [0.15, 0.2) is 0 Å². The maximum absolute atomic E-state index is 4.10. The third kappa shape index (κ3) is 1.07. The average molecular weight is 143 g/mol. The van der Waals surface area contributed by atoms with Crippen molar-refractivity contribution in [3.8, 4) is 0 Å². The molecule has 0 spiro atoms. The molecule has 1 aromatic heterocycles. The van der Waals surface area contributed by atoms with E-state index in [2.05, 4.69) is 16.2 Å². The molecule has 1 aromatic carbocycles. The van der Waals surface area contributed by atoms with E-state index < -0.39 is 0 Å². The fourth-order valence-corrected chi connectivity index (χ4v) is 1.03. The highest BCUT2D eigenvalue weighted by Gasteiger charge is 1.92. The Labute approximate surface area is 64.9 Å². The molecule has 0 N–H and O–H groups in total. The molecule has 0 aliphatic heterocycles. The van der Waals surface area contributed by atoms with E-state index in [1.807, 2.05) is 25.1 Å². The lowest BCUT2D eigenvalue weighted by molar-refractivity contribution is 1.21. The summed E-state index contributed by atoms with van der Waals surface area (Å²) in [7, 11) is 0. The molecule has 1 radical (unpaired) electrons. The van der Waals surface area contributed by atoms with Crippen LogP contribution >= 0.6 is 0 Å². The van der Waals surface area contributed by atoms with Crippen LogP contribution in [0.4, 0.5) is 0 Å². The zero-order chi connectivity index (χ0) is 7.68. The van der Waals surface area contributed by atoms with E-state index in [-0.39, 0.29) is 0 Å². The maximum atomic E-state index is 4.10. The summed E-state index contributed by atoms with van der Waals surface area (Å²) in [6.45, 7) is 2.04. The molecule has 0 saturated carbocycles. The number of hydrogen-bond donors (Lipinski definition) is 0. The van der Waals surface area contributed by atoms with E-state index in [0.717, 1.165) is 10.9 Å². The van der Waals surface area contributed by atoms with Gasteiger partial charge in [0.1, 0.15) is 12.5 Å². The summed E-state index contributed by atoms with van der Waals surface area (Å²) in [6, 6.07) is 6.03. The summed E-state index contributed by atoms with van der Waals surface area (Å²) in [5, 5.41) is 0.970. The van der Waals surface area contributed by atoms with Crippen molar-refractivity contribution in [2.45, 2.75) is 6.92 Å². The zero-order valence-corrected chi connectivity index (χ0v) is 6.20. The number of aryl methyl sites for hydroxylation is 1. The fourth-order valence-electron chi connectivity index (χ4n) is 1.03. The summed E-state index contributed by atoms with van der Waals surface area (Å²) in [4.78, 5) is 7.91. The van der Waals surface area contributed by atoms with Crippen molar-refractivity contribution in [2.75, 3.05) is 0 Å². The monoisotopic (exact) mass is 143 g/mol. The fraction of sp³-hybridized carbons (Fsp3) is 0.111. The second kappa shape index (κ2) is 2.31. The Morgan fingerprint density at radius 3 is 3.18 bits per heavy atom. The number of benzene rings is 1. The summed E-state index contributed by atoms with van der Waals surface area (Å²) >= 11 is 0. The van der Waals surface area contributed by atoms with E-state index in [1.54, 1.807) is 0 Å². The topological polar surface area (TPSA) is 25.8 Å². The van der Waals surface area contributed by atoms with E-state index >= 15 is 0 Å². The van der Waals surface area contributed by atoms with Crippen LogP contribution < -0.4 is 0 Å². The second-order valence-corrected chi connectivity index (χ2v) is 2.51. The highest BCUT2D eigenvalue weighted by Crippen LogP contribution is 2.09. The Morgan fingerprint density at radius 1 is 1.36 bits per heavy atom. The first-order valence-electron chi connectivity index (χ1n) is 3.45. The average Bonchev–Trinajstić information content (AvgIpc) is 2.04. The molecule has 0 aliphatic rings. The van der Waals surface area contributed by atoms with Gasteiger partial charge in [0.25, 0.3) is 0 Å². The van der Waals surface area contributed by atoms with Crippen LogP contribution in [-0.2, 0) is 0 Å². The van der Waals surface area contributed by atoms with Crippen LogP contribution in [0.5, 0.6) is 0 Å². The summed E-state index contributed by atoms with van der Waals surface area (Å²) in [5.74, 6) is 0. The minimum atomic E-state index is 0.958. The molecule has 0 fully saturated rings. The summed E-state index contributed by atoms with van der Waals surface area (Å²) < 4.78 is 0. The molecular weight excluding hydrogens is 136 g/mol. The van der Waals surface area contributed by atoms with Crippen LogP contribution in [0.1, 0.15) is 5.56 Å². The van der Waals surface area contributed by atoms with Gasteiger partial charge in [-0.3, -0.25) is 0 Å². The standard InChI is InChI=1S/C9H7N2/c1-7-2-3-8-5-10-6-11-9(8)4-7/h2-4,6H,1H3. The van der Waals surface area contributed by atoms with Crippen molar-refractivity contribution in [3.05, 3.63) is 36.3 Å². The van der Waals surface area contributed by atoms with Gasteiger partial charge in [-0.05, 0) is 18.6 Å². The Hall–Kier alpha value is -1.44. The van der Waals surface area contributed by atoms with Crippen molar-refractivity contribution >= 4 is 10.9 Å². The van der Waals surface area contributed by atoms with E-state index in [4.69, 9.17) is 0 Å². The lowest BCUT2D eigenvalue weighted by Crippen LogP contribution is -1.81. The number of rotatable bonds is 0. The van der Waals surface area contributed by atoms with Crippen molar-refractivity contribution < 1.29 is 0 Å². The molecular formula is C9H7N2. The lowest BCUT2D eigenvalue weighted by atomic mass is 10.2. The van der Waals surface area contributed by atoms with Crippen LogP contribution in [0.3, 0.4) is 0 Å². The van der Waals surface area contributed by atoms with Gasteiger partial charge in [0.2, 0.25) is 0 Å². The van der Waals surface area contributed by atoms with Gasteiger partial charge >= 0.3 is 0 Å². The molecule has 2 nitrogen and oxygen atoms in total. The van der Waals surface area contributed by atoms with Gasteiger partial charge in [0.05, 0.1) is 5.52 Å². The lowest BCUT2D eigenvalue weighted by Gasteiger charge is -1.94. The number of hydrogen-bond acceptors (Lipinski definition) is 2. The van der Waals surface area contributed by atoms with Gasteiger partial charge in [-0.15, -0.1) is 0 Å². The maximum Gasteiger partial charge on any atom is 0.116 e. The van der Waals surface area contributed by atoms with E-state index in [0.29, 0.717) is 0 Å². The molecule has 2 aromatic rings. The van der Waals surface area contributed by atoms with Crippen molar-refractivity contribution in [3.63, 3.8) is 0 Å². The van der Waals surface area contributed by atoms with Crippen molar-refractivity contribution in [1.82, 2.24) is 9.97 Å². The molecule has 1 heterocycles. The van der Waals surface area contributed by atoms with Gasteiger partial charge in [-0.2, -0.15) is 0 Å². The molecule has 0 bridgehead atoms. The molecule has 0 saturated heterocycles. The minimum Gasteiger partial charge on any atom is -0.236 e. The first kappa shape index (κ1) is 6.28. The quantitative estimate of drug-likeness (QED) is 0.561. The van der Waals surface area contributed by atoms with Gasteiger partial charge in [-0.1, -0.05) is 12.1 Å². The van der Waals surface area contributed by atoms with Gasteiger partial charge in [-0.25, -0.2) is 9.97 Å². The van der Waals surface area contributed by atoms with Crippen LogP contribution in [-0.4, -0.2) is 9.97 Å². The first-order valence-corrected chi connectivity index (χ1v) is 3.45. The highest BCUT2D eigenvalue weighted by molar-refractivity contribution is 5.77. The molecule has 0 unspecified atom stereocenters. The molecule has 53 valence electrons. The van der Waals surface area contributed by atoms with Gasteiger partial charge in [0, 0.05) is 5.39 Å². The molecule has 0 atom stereocenters. The third-order valence-corrected chi connectivity index (χ3v) is 1.59. The summed E-state index contributed by atoms with van der Waals surface area (Å²) in [6.07, 6.45) is 4.38. The Balaban J connectivity index is 2.83. The Bertz CT molecular complexity index is 382. The largest absolute Gasteiger partial charge is 0.236 e. The Kier molecular flexibility index (Phi) is 1.32. The van der Waals surface area contributed by atoms with Crippen LogP contribution in [0.2, 0.25) is 0 Å². The SMILES string of the molecule is Cc1ccc2[c]ncnc2c1. The summed E-state index contributed by atoms with van der Waals surface area (Å²) in [5.41, 5.74) is 2.17. The number of nitrogens with zero attached hydrogens (tertiary/aromatic N) is 2. The highest BCUT2D eigenvalue weighted by atomic mass is 14.8. The normalized spacial score (nSPS) is 10.3. The first-order chi connectivity index (χ1) is 5.36. The minimum absolute atomic E-state index is 0.958. The van der Waals surface area contributed by atoms with Crippen LogP contribution in [0.25, 0.3) is 10.9 Å².